The Kier molecular flexibility index (Phi) is 5.42. The van der Waals surface area contributed by atoms with E-state index in [0.29, 0.717) is 6.54 Å². The summed E-state index contributed by atoms with van der Waals surface area (Å²) in [5.41, 5.74) is 0.819. The van der Waals surface area contributed by atoms with Crippen molar-refractivity contribution in [2.45, 2.75) is 25.5 Å². The van der Waals surface area contributed by atoms with Crippen LogP contribution in [-0.4, -0.2) is 36.0 Å². The molecule has 0 aromatic carbocycles. The monoisotopic (exact) mass is 267 g/mol. The zero-order valence-electron chi connectivity index (χ0n) is 9.67. The Morgan fingerprint density at radius 3 is 2.44 bits per heavy atom. The van der Waals surface area contributed by atoms with Crippen molar-refractivity contribution in [3.8, 4) is 0 Å². The first-order chi connectivity index (χ1) is 8.45. The molecule has 1 aromatic rings. The molecule has 0 fully saturated rings. The van der Waals surface area contributed by atoms with Crippen molar-refractivity contribution in [3.63, 3.8) is 0 Å². The minimum Gasteiger partial charge on any atom is -0.367 e. The van der Waals surface area contributed by atoms with Gasteiger partial charge in [-0.3, -0.25) is 0 Å². The van der Waals surface area contributed by atoms with Gasteiger partial charge in [0.15, 0.2) is 5.82 Å². The van der Waals surface area contributed by atoms with Crippen molar-refractivity contribution in [3.05, 3.63) is 23.8 Å². The molecule has 1 aromatic heterocycles. The zero-order valence-corrected chi connectivity index (χ0v) is 9.67. The van der Waals surface area contributed by atoms with Gasteiger partial charge in [-0.25, -0.2) is 18.7 Å². The van der Waals surface area contributed by atoms with Crippen LogP contribution < -0.4 is 5.32 Å². The summed E-state index contributed by atoms with van der Waals surface area (Å²) >= 11 is 0. The molecule has 0 aliphatic carbocycles. The van der Waals surface area contributed by atoms with Crippen molar-refractivity contribution >= 4 is 0 Å². The van der Waals surface area contributed by atoms with Gasteiger partial charge < -0.3 is 10.1 Å². The first-order valence-corrected chi connectivity index (χ1v) is 5.14. The molecular weight excluding hydrogens is 254 g/mol. The van der Waals surface area contributed by atoms with Crippen LogP contribution in [0.2, 0.25) is 0 Å². The Hall–Kier alpha value is -1.28. The summed E-state index contributed by atoms with van der Waals surface area (Å²) < 4.78 is 53.1. The molecule has 8 heteroatoms. The molecule has 102 valence electrons. The highest BCUT2D eigenvalue weighted by molar-refractivity contribution is 5.04. The van der Waals surface area contributed by atoms with Crippen molar-refractivity contribution in [1.29, 1.82) is 0 Å². The Labute approximate surface area is 101 Å². The lowest BCUT2D eigenvalue weighted by atomic mass is 10.3. The van der Waals surface area contributed by atoms with Crippen LogP contribution in [0, 0.1) is 0 Å². The molecule has 1 rings (SSSR count). The van der Waals surface area contributed by atoms with Crippen LogP contribution in [0.25, 0.3) is 0 Å². The van der Waals surface area contributed by atoms with E-state index in [9.17, 15) is 17.6 Å². The summed E-state index contributed by atoms with van der Waals surface area (Å²) in [5, 5.41) is 2.89. The smallest absolute Gasteiger partial charge is 0.330 e. The molecule has 4 nitrogen and oxygen atoms in total. The molecule has 1 heterocycles. The van der Waals surface area contributed by atoms with Gasteiger partial charge in [-0.1, -0.05) is 0 Å². The summed E-state index contributed by atoms with van der Waals surface area (Å²) in [7, 11) is 1.75. The second kappa shape index (κ2) is 6.60. The third-order valence-electron chi connectivity index (χ3n) is 1.98. The number of hydrogen-bond acceptors (Lipinski definition) is 4. The third-order valence-corrected chi connectivity index (χ3v) is 1.98. The Morgan fingerprint density at radius 1 is 1.33 bits per heavy atom. The molecule has 0 unspecified atom stereocenters. The number of rotatable bonds is 7. The maximum Gasteiger partial charge on any atom is 0.330 e. The first-order valence-electron chi connectivity index (χ1n) is 5.14. The minimum absolute atomic E-state index is 0.167. The van der Waals surface area contributed by atoms with Gasteiger partial charge in [0.2, 0.25) is 0 Å². The number of ether oxygens (including phenoxy) is 1. The average molecular weight is 267 g/mol. The van der Waals surface area contributed by atoms with Crippen LogP contribution in [0.4, 0.5) is 17.6 Å². The van der Waals surface area contributed by atoms with Crippen LogP contribution in [0.5, 0.6) is 0 Å². The Balaban J connectivity index is 2.40. The molecule has 0 aliphatic rings. The molecule has 0 saturated heterocycles. The summed E-state index contributed by atoms with van der Waals surface area (Å²) in [6, 6.07) is 0. The fourth-order valence-corrected chi connectivity index (χ4v) is 1.09. The number of alkyl halides is 4. The number of aromatic nitrogens is 2. The molecule has 0 bridgehead atoms. The van der Waals surface area contributed by atoms with Gasteiger partial charge in [0.1, 0.15) is 13.2 Å². The van der Waals surface area contributed by atoms with Crippen molar-refractivity contribution in [2.75, 3.05) is 13.7 Å². The molecule has 0 atom stereocenters. The van der Waals surface area contributed by atoms with Gasteiger partial charge in [-0.05, 0) is 7.05 Å². The maximum absolute atomic E-state index is 12.5. The van der Waals surface area contributed by atoms with Crippen molar-refractivity contribution in [2.24, 2.45) is 0 Å². The van der Waals surface area contributed by atoms with E-state index in [4.69, 9.17) is 0 Å². The largest absolute Gasteiger partial charge is 0.367 e. The molecule has 0 spiro atoms. The lowest BCUT2D eigenvalue weighted by Gasteiger charge is -2.14. The average Bonchev–Trinajstić information content (AvgIpc) is 2.31. The van der Waals surface area contributed by atoms with E-state index in [1.165, 1.54) is 12.4 Å². The molecule has 0 aliphatic heterocycles. The predicted molar refractivity (Wildman–Crippen MR) is 55.4 cm³/mol. The number of halogens is 4. The molecule has 18 heavy (non-hydrogen) atoms. The highest BCUT2D eigenvalue weighted by Gasteiger charge is 2.40. The quantitative estimate of drug-likeness (QED) is 0.762. The van der Waals surface area contributed by atoms with Crippen LogP contribution in [0.15, 0.2) is 12.4 Å². The predicted octanol–water partition coefficient (Wildman–Crippen LogP) is 1.61. The Morgan fingerprint density at radius 2 is 1.94 bits per heavy atom. The second-order valence-electron chi connectivity index (χ2n) is 3.59. The van der Waals surface area contributed by atoms with Crippen molar-refractivity contribution in [1.82, 2.24) is 15.3 Å². The number of nitrogens with zero attached hydrogens (tertiary/aromatic N) is 2. The van der Waals surface area contributed by atoms with E-state index in [1.54, 1.807) is 7.05 Å². The fourth-order valence-electron chi connectivity index (χ4n) is 1.09. The summed E-state index contributed by atoms with van der Waals surface area (Å²) in [4.78, 5) is 7.71. The van der Waals surface area contributed by atoms with Crippen LogP contribution in [0.3, 0.4) is 0 Å². The molecule has 0 radical (unpaired) electrons. The number of nitrogens with one attached hydrogen (secondary N) is 1. The summed E-state index contributed by atoms with van der Waals surface area (Å²) in [5.74, 6) is -3.98. The molecular formula is C10H13F4N3O. The highest BCUT2D eigenvalue weighted by atomic mass is 19.3. The van der Waals surface area contributed by atoms with Crippen LogP contribution in [-0.2, 0) is 17.9 Å². The maximum atomic E-state index is 12.5. The lowest BCUT2D eigenvalue weighted by Crippen LogP contribution is -2.32. The van der Waals surface area contributed by atoms with E-state index in [0.717, 1.165) is 5.56 Å². The van der Waals surface area contributed by atoms with E-state index < -0.39 is 19.0 Å². The van der Waals surface area contributed by atoms with E-state index in [1.807, 2.05) is 0 Å². The van der Waals surface area contributed by atoms with E-state index in [2.05, 4.69) is 20.0 Å². The fraction of sp³-hybridized carbons (Fsp3) is 0.600. The van der Waals surface area contributed by atoms with Gasteiger partial charge >= 0.3 is 12.3 Å². The minimum atomic E-state index is -4.15. The van der Waals surface area contributed by atoms with Gasteiger partial charge in [-0.15, -0.1) is 0 Å². The van der Waals surface area contributed by atoms with Gasteiger partial charge in [0.05, 0.1) is 0 Å². The standard InChI is InChI=1S/C10H13F4N3O/c1-15-2-7-3-16-8(17-4-7)5-18-6-10(13,14)9(11)12/h3-4,9,15H,2,5-6H2,1H3. The highest BCUT2D eigenvalue weighted by Crippen LogP contribution is 2.23. The van der Waals surface area contributed by atoms with E-state index >= 15 is 0 Å². The SMILES string of the molecule is CNCc1cnc(COCC(F)(F)C(F)F)nc1. The second-order valence-corrected chi connectivity index (χ2v) is 3.59. The molecule has 1 N–H and O–H groups in total. The van der Waals surface area contributed by atoms with Crippen LogP contribution in [0.1, 0.15) is 11.4 Å². The zero-order chi connectivity index (χ0) is 13.6. The molecule has 0 saturated carbocycles. The number of hydrogen-bond donors (Lipinski definition) is 1. The summed E-state index contributed by atoms with van der Waals surface area (Å²) in [6.07, 6.45) is -0.725. The first kappa shape index (κ1) is 14.8. The Bertz CT molecular complexity index is 359. The summed E-state index contributed by atoms with van der Waals surface area (Å²) in [6.45, 7) is -1.11. The topological polar surface area (TPSA) is 47.0 Å². The van der Waals surface area contributed by atoms with E-state index in [-0.39, 0.29) is 12.4 Å². The third kappa shape index (κ3) is 4.53. The molecule has 0 amide bonds. The lowest BCUT2D eigenvalue weighted by molar-refractivity contribution is -0.168. The van der Waals surface area contributed by atoms with Gasteiger partial charge in [0, 0.05) is 24.5 Å². The normalized spacial score (nSPS) is 12.1. The van der Waals surface area contributed by atoms with Crippen molar-refractivity contribution < 1.29 is 22.3 Å². The van der Waals surface area contributed by atoms with Gasteiger partial charge in [0.25, 0.3) is 0 Å². The van der Waals surface area contributed by atoms with Gasteiger partial charge in [-0.2, -0.15) is 8.78 Å². The van der Waals surface area contributed by atoms with Crippen LogP contribution >= 0.6 is 0 Å².